The molecule has 0 aromatic carbocycles. The first-order chi connectivity index (χ1) is 9.78. The Labute approximate surface area is 119 Å². The monoisotopic (exact) mass is 281 g/mol. The summed E-state index contributed by atoms with van der Waals surface area (Å²) in [5, 5.41) is 13.2. The first kappa shape index (κ1) is 15.2. The second kappa shape index (κ2) is 8.16. The molecule has 0 bridgehead atoms. The Kier molecular flexibility index (Phi) is 6.20. The van der Waals surface area contributed by atoms with Crippen LogP contribution < -0.4 is 10.1 Å². The quantitative estimate of drug-likeness (QED) is 0.726. The van der Waals surface area contributed by atoms with Gasteiger partial charge in [-0.1, -0.05) is 0 Å². The van der Waals surface area contributed by atoms with Crippen molar-refractivity contribution in [3.05, 3.63) is 23.9 Å². The minimum absolute atomic E-state index is 0.364. The van der Waals surface area contributed by atoms with Crippen LogP contribution in [0.5, 0.6) is 5.88 Å². The van der Waals surface area contributed by atoms with Crippen molar-refractivity contribution >= 4 is 0 Å². The molecule has 0 saturated carbocycles. The van der Waals surface area contributed by atoms with Crippen LogP contribution >= 0.6 is 0 Å². The lowest BCUT2D eigenvalue weighted by Crippen LogP contribution is -2.43. The molecule has 1 fully saturated rings. The molecule has 112 valence electrons. The van der Waals surface area contributed by atoms with Crippen LogP contribution in [0.4, 0.5) is 0 Å². The third-order valence-electron chi connectivity index (χ3n) is 3.29. The van der Waals surface area contributed by atoms with Crippen LogP contribution in [-0.4, -0.2) is 67.6 Å². The normalized spacial score (nSPS) is 17.9. The fourth-order valence-electron chi connectivity index (χ4n) is 2.20. The summed E-state index contributed by atoms with van der Waals surface area (Å²) >= 11 is 0. The van der Waals surface area contributed by atoms with E-state index in [0.717, 1.165) is 31.9 Å². The predicted octanol–water partition coefficient (Wildman–Crippen LogP) is -0.127. The van der Waals surface area contributed by atoms with Crippen LogP contribution in [0.25, 0.3) is 0 Å². The molecule has 2 N–H and O–H groups in total. The van der Waals surface area contributed by atoms with Gasteiger partial charge in [0.25, 0.3) is 0 Å². The number of morpholine rings is 1. The zero-order chi connectivity index (χ0) is 14.2. The molecule has 2 heterocycles. The first-order valence-electron chi connectivity index (χ1n) is 6.95. The third-order valence-corrected chi connectivity index (χ3v) is 3.29. The Morgan fingerprint density at radius 1 is 1.50 bits per heavy atom. The lowest BCUT2D eigenvalue weighted by atomic mass is 10.2. The molecule has 1 unspecified atom stereocenters. The Bertz CT molecular complexity index is 397. The van der Waals surface area contributed by atoms with E-state index >= 15 is 0 Å². The van der Waals surface area contributed by atoms with Gasteiger partial charge in [-0.2, -0.15) is 0 Å². The lowest BCUT2D eigenvalue weighted by Gasteiger charge is -2.28. The summed E-state index contributed by atoms with van der Waals surface area (Å²) in [6.07, 6.45) is 1.36. The van der Waals surface area contributed by atoms with E-state index in [2.05, 4.69) is 15.2 Å². The van der Waals surface area contributed by atoms with E-state index in [0.29, 0.717) is 25.5 Å². The highest BCUT2D eigenvalue weighted by atomic mass is 16.5. The molecule has 20 heavy (non-hydrogen) atoms. The zero-order valence-corrected chi connectivity index (χ0v) is 11.9. The molecule has 1 aromatic heterocycles. The van der Waals surface area contributed by atoms with Crippen LogP contribution in [-0.2, 0) is 11.3 Å². The van der Waals surface area contributed by atoms with Crippen molar-refractivity contribution in [3.8, 4) is 5.88 Å². The molecule has 0 radical (unpaired) electrons. The average molecular weight is 281 g/mol. The second-order valence-electron chi connectivity index (χ2n) is 4.90. The molecule has 1 aliphatic heterocycles. The van der Waals surface area contributed by atoms with Crippen molar-refractivity contribution in [1.29, 1.82) is 0 Å². The van der Waals surface area contributed by atoms with Crippen molar-refractivity contribution in [3.63, 3.8) is 0 Å². The zero-order valence-electron chi connectivity index (χ0n) is 11.9. The molecule has 1 atom stereocenters. The second-order valence-corrected chi connectivity index (χ2v) is 4.90. The number of hydrogen-bond acceptors (Lipinski definition) is 6. The number of nitrogens with one attached hydrogen (secondary N) is 1. The maximum absolute atomic E-state index is 10.00. The standard InChI is InChI=1S/C14H23N3O3/c1-19-14-8-12(2-3-16-14)9-15-10-13(18)11-17-4-6-20-7-5-17/h2-3,8,13,15,18H,4-7,9-11H2,1H3. The molecule has 1 aliphatic rings. The van der Waals surface area contributed by atoms with Gasteiger partial charge in [-0.15, -0.1) is 0 Å². The summed E-state index contributed by atoms with van der Waals surface area (Å²) in [7, 11) is 1.60. The number of aliphatic hydroxyl groups is 1. The molecular weight excluding hydrogens is 258 g/mol. The van der Waals surface area contributed by atoms with E-state index in [-0.39, 0.29) is 6.10 Å². The van der Waals surface area contributed by atoms with Gasteiger partial charge in [0, 0.05) is 45.0 Å². The lowest BCUT2D eigenvalue weighted by molar-refractivity contribution is 0.0149. The molecule has 2 rings (SSSR count). The van der Waals surface area contributed by atoms with Crippen molar-refractivity contribution in [2.24, 2.45) is 0 Å². The largest absolute Gasteiger partial charge is 0.481 e. The van der Waals surface area contributed by atoms with Gasteiger partial charge in [0.1, 0.15) is 0 Å². The first-order valence-corrected chi connectivity index (χ1v) is 6.95. The van der Waals surface area contributed by atoms with Crippen LogP contribution in [0, 0.1) is 0 Å². The van der Waals surface area contributed by atoms with E-state index in [4.69, 9.17) is 9.47 Å². The summed E-state index contributed by atoms with van der Waals surface area (Å²) in [5.41, 5.74) is 1.09. The third kappa shape index (κ3) is 5.05. The fourth-order valence-corrected chi connectivity index (χ4v) is 2.20. The highest BCUT2D eigenvalue weighted by molar-refractivity contribution is 5.20. The summed E-state index contributed by atoms with van der Waals surface area (Å²) in [5.74, 6) is 0.609. The molecule has 0 amide bonds. The van der Waals surface area contributed by atoms with Crippen molar-refractivity contribution in [1.82, 2.24) is 15.2 Å². The fraction of sp³-hybridized carbons (Fsp3) is 0.643. The SMILES string of the molecule is COc1cc(CNCC(O)CN2CCOCC2)ccn1. The van der Waals surface area contributed by atoms with Gasteiger partial charge in [0.2, 0.25) is 5.88 Å². The number of β-amino-alcohol motifs (C(OH)–C–C–N with tert-alkyl or cyclic N) is 1. The van der Waals surface area contributed by atoms with E-state index in [9.17, 15) is 5.11 Å². The Morgan fingerprint density at radius 2 is 2.30 bits per heavy atom. The van der Waals surface area contributed by atoms with Crippen LogP contribution in [0.3, 0.4) is 0 Å². The summed E-state index contributed by atoms with van der Waals surface area (Å²) < 4.78 is 10.4. The molecule has 0 spiro atoms. The summed E-state index contributed by atoms with van der Waals surface area (Å²) in [4.78, 5) is 6.29. The van der Waals surface area contributed by atoms with E-state index < -0.39 is 0 Å². The molecule has 1 aromatic rings. The number of methoxy groups -OCH3 is 1. The number of pyridine rings is 1. The number of rotatable bonds is 7. The predicted molar refractivity (Wildman–Crippen MR) is 75.8 cm³/mol. The Balaban J connectivity index is 1.66. The smallest absolute Gasteiger partial charge is 0.213 e. The minimum atomic E-state index is -0.364. The van der Waals surface area contributed by atoms with Crippen molar-refractivity contribution in [2.45, 2.75) is 12.6 Å². The molecular formula is C14H23N3O3. The van der Waals surface area contributed by atoms with E-state index in [1.54, 1.807) is 13.3 Å². The molecule has 6 heteroatoms. The van der Waals surface area contributed by atoms with Crippen molar-refractivity contribution < 1.29 is 14.6 Å². The highest BCUT2D eigenvalue weighted by Crippen LogP contribution is 2.08. The molecule has 0 aliphatic carbocycles. The number of aromatic nitrogens is 1. The molecule has 1 saturated heterocycles. The average Bonchev–Trinajstić information content (AvgIpc) is 2.48. The van der Waals surface area contributed by atoms with Crippen molar-refractivity contribution in [2.75, 3.05) is 46.5 Å². The van der Waals surface area contributed by atoms with Gasteiger partial charge < -0.3 is 19.9 Å². The highest BCUT2D eigenvalue weighted by Gasteiger charge is 2.14. The van der Waals surface area contributed by atoms with Gasteiger partial charge >= 0.3 is 0 Å². The number of nitrogens with zero attached hydrogens (tertiary/aromatic N) is 2. The van der Waals surface area contributed by atoms with Crippen LogP contribution in [0.15, 0.2) is 18.3 Å². The van der Waals surface area contributed by atoms with Gasteiger partial charge in [0.05, 0.1) is 26.4 Å². The maximum atomic E-state index is 10.00. The van der Waals surface area contributed by atoms with E-state index in [1.165, 1.54) is 0 Å². The molecule has 6 nitrogen and oxygen atoms in total. The minimum Gasteiger partial charge on any atom is -0.481 e. The van der Waals surface area contributed by atoms with Gasteiger partial charge in [-0.25, -0.2) is 4.98 Å². The maximum Gasteiger partial charge on any atom is 0.213 e. The Morgan fingerprint density at radius 3 is 3.05 bits per heavy atom. The van der Waals surface area contributed by atoms with Gasteiger partial charge in [0.15, 0.2) is 0 Å². The van der Waals surface area contributed by atoms with E-state index in [1.807, 2.05) is 12.1 Å². The number of ether oxygens (including phenoxy) is 2. The van der Waals surface area contributed by atoms with Gasteiger partial charge in [-0.05, 0) is 11.6 Å². The Hall–Kier alpha value is -1.21. The number of aliphatic hydroxyl groups excluding tert-OH is 1. The van der Waals surface area contributed by atoms with Gasteiger partial charge in [-0.3, -0.25) is 4.90 Å². The number of hydrogen-bond donors (Lipinski definition) is 2. The van der Waals surface area contributed by atoms with Crippen LogP contribution in [0.1, 0.15) is 5.56 Å². The summed E-state index contributed by atoms with van der Waals surface area (Å²) in [6.45, 7) is 5.28. The summed E-state index contributed by atoms with van der Waals surface area (Å²) in [6, 6.07) is 3.82. The topological polar surface area (TPSA) is 66.8 Å². The van der Waals surface area contributed by atoms with Crippen LogP contribution in [0.2, 0.25) is 0 Å².